The van der Waals surface area contributed by atoms with E-state index < -0.39 is 10.0 Å². The molecule has 2 aliphatic heterocycles. The van der Waals surface area contributed by atoms with Crippen LogP contribution in [0.2, 0.25) is 0 Å². The van der Waals surface area contributed by atoms with Gasteiger partial charge in [-0.3, -0.25) is 9.59 Å². The largest absolute Gasteiger partial charge is 0.356 e. The third-order valence-corrected chi connectivity index (χ3v) is 8.88. The average molecular weight is 451 g/mol. The van der Waals surface area contributed by atoms with Gasteiger partial charge in [0.2, 0.25) is 15.9 Å². The number of aromatic nitrogens is 1. The minimum Gasteiger partial charge on any atom is -0.356 e. The van der Waals surface area contributed by atoms with Crippen LogP contribution < -0.4 is 5.32 Å². The van der Waals surface area contributed by atoms with E-state index >= 15 is 0 Å². The molecular formula is C22H34N4O4S. The van der Waals surface area contributed by atoms with Gasteiger partial charge in [0.25, 0.3) is 5.91 Å². The summed E-state index contributed by atoms with van der Waals surface area (Å²) in [7, 11) is -3.75. The zero-order valence-electron chi connectivity index (χ0n) is 18.3. The molecule has 8 nitrogen and oxygen atoms in total. The Kier molecular flexibility index (Phi) is 6.71. The van der Waals surface area contributed by atoms with E-state index in [1.807, 2.05) is 0 Å². The fraction of sp³-hybridized carbons (Fsp3) is 0.727. The van der Waals surface area contributed by atoms with Crippen LogP contribution in [-0.2, 0) is 14.8 Å². The molecule has 1 aromatic heterocycles. The fourth-order valence-electron chi connectivity index (χ4n) is 4.98. The van der Waals surface area contributed by atoms with Gasteiger partial charge in [-0.05, 0) is 63.4 Å². The number of hydrogen-bond acceptors (Lipinski definition) is 4. The van der Waals surface area contributed by atoms with Gasteiger partial charge in [-0.1, -0.05) is 6.92 Å². The zero-order chi connectivity index (χ0) is 22.0. The van der Waals surface area contributed by atoms with E-state index in [1.54, 1.807) is 4.90 Å². The third-order valence-electron chi connectivity index (χ3n) is 7.04. The summed E-state index contributed by atoms with van der Waals surface area (Å²) < 4.78 is 27.8. The number of aromatic amines is 1. The number of sulfonamides is 1. The van der Waals surface area contributed by atoms with Gasteiger partial charge in [-0.15, -0.1) is 0 Å². The van der Waals surface area contributed by atoms with Gasteiger partial charge in [0, 0.05) is 38.4 Å². The smallest absolute Gasteiger partial charge is 0.270 e. The summed E-state index contributed by atoms with van der Waals surface area (Å²) in [6, 6.07) is 1.64. The lowest BCUT2D eigenvalue weighted by molar-refractivity contribution is -0.127. The van der Waals surface area contributed by atoms with E-state index in [0.29, 0.717) is 44.1 Å². The average Bonchev–Trinajstić information content (AvgIpc) is 3.48. The van der Waals surface area contributed by atoms with Crippen molar-refractivity contribution in [3.8, 4) is 0 Å². The molecule has 2 N–H and O–H groups in total. The predicted octanol–water partition coefficient (Wildman–Crippen LogP) is 2.35. The number of carbonyl (C=O) groups is 2. The Labute approximate surface area is 184 Å². The van der Waals surface area contributed by atoms with Gasteiger partial charge >= 0.3 is 0 Å². The Bertz CT molecular complexity index is 898. The number of piperidine rings is 1. The molecule has 1 saturated carbocycles. The molecule has 0 unspecified atom stereocenters. The second kappa shape index (κ2) is 9.32. The van der Waals surface area contributed by atoms with Crippen LogP contribution in [0, 0.1) is 11.8 Å². The maximum Gasteiger partial charge on any atom is 0.270 e. The first-order valence-electron chi connectivity index (χ1n) is 11.6. The molecule has 1 aromatic rings. The summed E-state index contributed by atoms with van der Waals surface area (Å²) >= 11 is 0. The molecule has 3 fully saturated rings. The summed E-state index contributed by atoms with van der Waals surface area (Å²) in [5.41, 5.74) is 0.304. The number of hydrogen-bond donors (Lipinski definition) is 2. The van der Waals surface area contributed by atoms with Crippen molar-refractivity contribution in [3.63, 3.8) is 0 Å². The van der Waals surface area contributed by atoms with Crippen molar-refractivity contribution in [2.45, 2.75) is 69.2 Å². The molecule has 2 amide bonds. The molecule has 1 aliphatic carbocycles. The number of rotatable bonds is 5. The monoisotopic (exact) mass is 450 g/mol. The first-order valence-corrected chi connectivity index (χ1v) is 13.1. The van der Waals surface area contributed by atoms with Gasteiger partial charge in [-0.2, -0.15) is 4.31 Å². The second-order valence-corrected chi connectivity index (χ2v) is 11.4. The van der Waals surface area contributed by atoms with Crippen LogP contribution in [0.4, 0.5) is 0 Å². The van der Waals surface area contributed by atoms with E-state index in [-0.39, 0.29) is 35.2 Å². The third kappa shape index (κ3) is 4.98. The minimum absolute atomic E-state index is 0.0292. The Balaban J connectivity index is 1.39. The van der Waals surface area contributed by atoms with E-state index in [0.717, 1.165) is 38.5 Å². The standard InChI is InChI=1S/C22H34N4O4S/c1-16-6-8-18(9-7-16)24-21(27)17-5-4-12-26(15-17)31(29,30)19-13-20(23-14-19)22(28)25-10-2-3-11-25/h13-14,16-18,23H,2-12,15H2,1H3,(H,24,27)/t16?,17-,18?/m0/s1. The van der Waals surface area contributed by atoms with E-state index in [4.69, 9.17) is 0 Å². The Morgan fingerprint density at radius 1 is 1.03 bits per heavy atom. The van der Waals surface area contributed by atoms with Crippen LogP contribution in [-0.4, -0.2) is 66.6 Å². The highest BCUT2D eigenvalue weighted by molar-refractivity contribution is 7.89. The molecule has 0 bridgehead atoms. The lowest BCUT2D eigenvalue weighted by atomic mass is 9.87. The van der Waals surface area contributed by atoms with Crippen LogP contribution in [0.25, 0.3) is 0 Å². The molecule has 3 aliphatic rings. The van der Waals surface area contributed by atoms with Crippen molar-refractivity contribution >= 4 is 21.8 Å². The summed E-state index contributed by atoms with van der Waals surface area (Å²) in [4.78, 5) is 30.0. The highest BCUT2D eigenvalue weighted by Gasteiger charge is 2.35. The SMILES string of the molecule is CC1CCC(NC(=O)[C@H]2CCCN(S(=O)(=O)c3c[nH]c(C(=O)N4CCCC4)c3)C2)CC1. The molecule has 9 heteroatoms. The second-order valence-electron chi connectivity index (χ2n) is 9.42. The number of H-pyrrole nitrogens is 1. The Morgan fingerprint density at radius 2 is 1.74 bits per heavy atom. The van der Waals surface area contributed by atoms with Crippen LogP contribution in [0.1, 0.15) is 68.8 Å². The van der Waals surface area contributed by atoms with Gasteiger partial charge < -0.3 is 15.2 Å². The molecule has 1 atom stereocenters. The van der Waals surface area contributed by atoms with Crippen LogP contribution in [0.3, 0.4) is 0 Å². The first-order chi connectivity index (χ1) is 14.8. The summed E-state index contributed by atoms with van der Waals surface area (Å²) in [6.45, 7) is 4.25. The maximum atomic E-state index is 13.2. The number of nitrogens with one attached hydrogen (secondary N) is 2. The molecule has 0 spiro atoms. The van der Waals surface area contributed by atoms with E-state index in [9.17, 15) is 18.0 Å². The zero-order valence-corrected chi connectivity index (χ0v) is 19.1. The van der Waals surface area contributed by atoms with Crippen molar-refractivity contribution in [1.82, 2.24) is 19.5 Å². The van der Waals surface area contributed by atoms with Crippen LogP contribution >= 0.6 is 0 Å². The number of likely N-dealkylation sites (tertiary alicyclic amines) is 1. The maximum absolute atomic E-state index is 13.2. The van der Waals surface area contributed by atoms with E-state index in [1.165, 1.54) is 16.6 Å². The minimum atomic E-state index is -3.75. The molecule has 0 radical (unpaired) electrons. The summed E-state index contributed by atoms with van der Waals surface area (Å²) in [5.74, 6) is 0.203. The quantitative estimate of drug-likeness (QED) is 0.719. The van der Waals surface area contributed by atoms with Gasteiger partial charge in [0.15, 0.2) is 0 Å². The van der Waals surface area contributed by atoms with Gasteiger partial charge in [-0.25, -0.2) is 8.42 Å². The molecule has 31 heavy (non-hydrogen) atoms. The highest BCUT2D eigenvalue weighted by atomic mass is 32.2. The van der Waals surface area contributed by atoms with Crippen LogP contribution in [0.15, 0.2) is 17.2 Å². The van der Waals surface area contributed by atoms with Crippen molar-refractivity contribution in [3.05, 3.63) is 18.0 Å². The number of amides is 2. The molecular weight excluding hydrogens is 416 g/mol. The molecule has 172 valence electrons. The van der Waals surface area contributed by atoms with Gasteiger partial charge in [0.1, 0.15) is 10.6 Å². The fourth-order valence-corrected chi connectivity index (χ4v) is 6.50. The topological polar surface area (TPSA) is 103 Å². The van der Waals surface area contributed by atoms with Crippen molar-refractivity contribution in [2.75, 3.05) is 26.2 Å². The molecule has 0 aromatic carbocycles. The van der Waals surface area contributed by atoms with Gasteiger partial charge in [0.05, 0.1) is 5.92 Å². The highest BCUT2D eigenvalue weighted by Crippen LogP contribution is 2.27. The molecule has 3 heterocycles. The molecule has 4 rings (SSSR count). The Morgan fingerprint density at radius 3 is 2.45 bits per heavy atom. The predicted molar refractivity (Wildman–Crippen MR) is 117 cm³/mol. The van der Waals surface area contributed by atoms with Crippen LogP contribution in [0.5, 0.6) is 0 Å². The molecule has 2 saturated heterocycles. The normalized spacial score (nSPS) is 27.9. The number of nitrogens with zero attached hydrogens (tertiary/aromatic N) is 2. The lowest BCUT2D eigenvalue weighted by Gasteiger charge is -2.33. The van der Waals surface area contributed by atoms with E-state index in [2.05, 4.69) is 17.2 Å². The lowest BCUT2D eigenvalue weighted by Crippen LogP contribution is -2.48. The van der Waals surface area contributed by atoms with Crippen molar-refractivity contribution in [2.24, 2.45) is 11.8 Å². The summed E-state index contributed by atoms with van der Waals surface area (Å²) in [6.07, 6.45) is 8.96. The Hall–Kier alpha value is -1.87. The summed E-state index contributed by atoms with van der Waals surface area (Å²) in [5, 5.41) is 3.15. The van der Waals surface area contributed by atoms with Crippen molar-refractivity contribution < 1.29 is 18.0 Å². The van der Waals surface area contributed by atoms with Crippen molar-refractivity contribution in [1.29, 1.82) is 0 Å². The number of carbonyl (C=O) groups excluding carboxylic acids is 2. The first kappa shape index (κ1) is 22.3.